The van der Waals surface area contributed by atoms with E-state index >= 15 is 0 Å². The van der Waals surface area contributed by atoms with E-state index in [1.165, 1.54) is 6.07 Å². The summed E-state index contributed by atoms with van der Waals surface area (Å²) < 4.78 is 14.0. The number of carbonyl (C=O) groups excluding carboxylic acids is 1. The molecule has 1 atom stereocenters. The lowest BCUT2D eigenvalue weighted by Crippen LogP contribution is -2.35. The minimum absolute atomic E-state index is 0.0741. The Labute approximate surface area is 135 Å². The van der Waals surface area contributed by atoms with E-state index in [1.54, 1.807) is 12.1 Å². The number of aliphatic imine (C=N–C) groups is 1. The van der Waals surface area contributed by atoms with Gasteiger partial charge in [0.2, 0.25) is 0 Å². The van der Waals surface area contributed by atoms with Crippen molar-refractivity contribution >= 4 is 37.9 Å². The van der Waals surface area contributed by atoms with E-state index in [0.717, 1.165) is 28.7 Å². The van der Waals surface area contributed by atoms with E-state index in [9.17, 15) is 9.18 Å². The van der Waals surface area contributed by atoms with Crippen LogP contribution in [-0.2, 0) is 11.3 Å². The molecule has 0 amide bonds. The average molecular weight is 372 g/mol. The number of rotatable bonds is 2. The largest absolute Gasteiger partial charge is 0.373 e. The van der Waals surface area contributed by atoms with Crippen LogP contribution >= 0.6 is 27.5 Å². The summed E-state index contributed by atoms with van der Waals surface area (Å²) in [5.41, 5.74) is 1.73. The van der Waals surface area contributed by atoms with Gasteiger partial charge in [-0.05, 0) is 40.0 Å². The number of ketones is 1. The second-order valence-corrected chi connectivity index (χ2v) is 6.43. The zero-order valence-electron chi connectivity index (χ0n) is 11.2. The topological polar surface area (TPSA) is 32.7 Å². The maximum Gasteiger partial charge on any atom is 0.182 e. The lowest BCUT2D eigenvalue weighted by atomic mass is 9.89. The molecule has 2 heterocycles. The van der Waals surface area contributed by atoms with E-state index in [2.05, 4.69) is 25.8 Å². The number of halogens is 3. The van der Waals surface area contributed by atoms with Crippen molar-refractivity contribution in [2.75, 3.05) is 13.1 Å². The van der Waals surface area contributed by atoms with Crippen LogP contribution in [0.15, 0.2) is 35.0 Å². The maximum absolute atomic E-state index is 13.2. The molecule has 3 rings (SSSR count). The van der Waals surface area contributed by atoms with E-state index in [4.69, 9.17) is 11.6 Å². The molecule has 0 fully saturated rings. The van der Waals surface area contributed by atoms with Crippen LogP contribution in [0.1, 0.15) is 12.0 Å². The van der Waals surface area contributed by atoms with Crippen LogP contribution in [0.4, 0.5) is 4.39 Å². The summed E-state index contributed by atoms with van der Waals surface area (Å²) in [6.07, 6.45) is 2.75. The highest BCUT2D eigenvalue weighted by atomic mass is 79.9. The van der Waals surface area contributed by atoms with Crippen LogP contribution in [0.5, 0.6) is 0 Å². The Morgan fingerprint density at radius 1 is 1.48 bits per heavy atom. The van der Waals surface area contributed by atoms with Crippen molar-refractivity contribution < 1.29 is 9.18 Å². The van der Waals surface area contributed by atoms with Gasteiger partial charge in [0.05, 0.1) is 9.64 Å². The average Bonchev–Trinajstić information content (AvgIpc) is 2.47. The molecule has 2 aliphatic rings. The number of hydrogen-bond donors (Lipinski definition) is 0. The molecule has 2 aliphatic heterocycles. The van der Waals surface area contributed by atoms with E-state index in [-0.39, 0.29) is 23.3 Å². The quantitative estimate of drug-likeness (QED) is 0.796. The number of Topliss-reactive ketones (excluding diaryl/α,β-unsaturated/α-hetero) is 1. The number of carbonyl (C=O) groups is 1. The lowest BCUT2D eigenvalue weighted by Gasteiger charge is -2.33. The van der Waals surface area contributed by atoms with Gasteiger partial charge in [-0.2, -0.15) is 0 Å². The Morgan fingerprint density at radius 3 is 3.05 bits per heavy atom. The number of hydrogen-bond acceptors (Lipinski definition) is 3. The summed E-state index contributed by atoms with van der Waals surface area (Å²) in [5, 5.41) is 0.124. The van der Waals surface area contributed by atoms with Gasteiger partial charge in [0.15, 0.2) is 5.78 Å². The van der Waals surface area contributed by atoms with Crippen LogP contribution in [0.3, 0.4) is 0 Å². The third-order valence-electron chi connectivity index (χ3n) is 3.75. The first-order chi connectivity index (χ1) is 10.0. The van der Waals surface area contributed by atoms with Crippen molar-refractivity contribution in [2.45, 2.75) is 13.0 Å². The highest BCUT2D eigenvalue weighted by Gasteiger charge is 2.31. The third-order valence-corrected chi connectivity index (χ3v) is 4.85. The summed E-state index contributed by atoms with van der Waals surface area (Å²) in [5.74, 6) is -0.260. The zero-order chi connectivity index (χ0) is 15.0. The molecule has 6 heteroatoms. The first-order valence-electron chi connectivity index (χ1n) is 6.67. The highest BCUT2D eigenvalue weighted by molar-refractivity contribution is 9.18. The van der Waals surface area contributed by atoms with Crippen LogP contribution < -0.4 is 0 Å². The van der Waals surface area contributed by atoms with Gasteiger partial charge in [-0.25, -0.2) is 4.39 Å². The van der Waals surface area contributed by atoms with Gasteiger partial charge in [0.25, 0.3) is 0 Å². The van der Waals surface area contributed by atoms with Gasteiger partial charge in [-0.15, -0.1) is 0 Å². The monoisotopic (exact) mass is 370 g/mol. The molecule has 1 unspecified atom stereocenters. The van der Waals surface area contributed by atoms with Crippen LogP contribution in [0.2, 0.25) is 5.02 Å². The second kappa shape index (κ2) is 5.89. The van der Waals surface area contributed by atoms with Gasteiger partial charge in [-0.1, -0.05) is 17.7 Å². The van der Waals surface area contributed by atoms with Crippen molar-refractivity contribution in [3.05, 3.63) is 46.4 Å². The number of benzene rings is 1. The minimum atomic E-state index is -0.417. The predicted molar refractivity (Wildman–Crippen MR) is 84.2 cm³/mol. The summed E-state index contributed by atoms with van der Waals surface area (Å²) in [7, 11) is 0. The molecule has 0 bridgehead atoms. The number of fused-ring (bicyclic) bond motifs is 1. The summed E-state index contributed by atoms with van der Waals surface area (Å²) >= 11 is 9.24. The molecule has 0 N–H and O–H groups in total. The predicted octanol–water partition coefficient (Wildman–Crippen LogP) is 3.56. The molecular formula is C15H13BrClFN2O. The van der Waals surface area contributed by atoms with E-state index < -0.39 is 5.82 Å². The standard InChI is InChI=1S/C15H13BrClFN2O/c16-15-10-3-4-20(8-11(10)14(21)6-19-15)7-9-1-2-13(18)12(17)5-9/h1-2,5,8,10H,3-4,6-7H2. The molecule has 0 aromatic heterocycles. The zero-order valence-corrected chi connectivity index (χ0v) is 13.5. The fourth-order valence-corrected chi connectivity index (χ4v) is 3.47. The van der Waals surface area contributed by atoms with E-state index in [1.807, 2.05) is 6.20 Å². The van der Waals surface area contributed by atoms with Crippen LogP contribution in [0, 0.1) is 11.7 Å². The van der Waals surface area contributed by atoms with Crippen molar-refractivity contribution in [1.29, 1.82) is 0 Å². The molecule has 1 aromatic rings. The van der Waals surface area contributed by atoms with Gasteiger partial charge < -0.3 is 4.90 Å². The summed E-state index contributed by atoms with van der Waals surface area (Å²) in [4.78, 5) is 18.2. The van der Waals surface area contributed by atoms with Crippen molar-refractivity contribution in [3.8, 4) is 0 Å². The van der Waals surface area contributed by atoms with Gasteiger partial charge in [-0.3, -0.25) is 9.79 Å². The first kappa shape index (κ1) is 14.7. The molecule has 110 valence electrons. The van der Waals surface area contributed by atoms with Crippen LogP contribution in [0.25, 0.3) is 0 Å². The fraction of sp³-hybridized carbons (Fsp3) is 0.333. The molecule has 0 saturated heterocycles. The minimum Gasteiger partial charge on any atom is -0.373 e. The molecule has 1 aromatic carbocycles. The summed E-state index contributed by atoms with van der Waals surface area (Å²) in [6.45, 7) is 1.64. The van der Waals surface area contributed by atoms with Gasteiger partial charge in [0, 0.05) is 30.8 Å². The van der Waals surface area contributed by atoms with Crippen LogP contribution in [-0.4, -0.2) is 28.4 Å². The fourth-order valence-electron chi connectivity index (χ4n) is 2.66. The normalized spacial score (nSPS) is 21.8. The smallest absolute Gasteiger partial charge is 0.182 e. The first-order valence-corrected chi connectivity index (χ1v) is 7.84. The lowest BCUT2D eigenvalue weighted by molar-refractivity contribution is -0.115. The molecule has 0 saturated carbocycles. The molecule has 0 radical (unpaired) electrons. The Hall–Kier alpha value is -1.20. The molecule has 21 heavy (non-hydrogen) atoms. The third kappa shape index (κ3) is 3.04. The molecular weight excluding hydrogens is 359 g/mol. The maximum atomic E-state index is 13.2. The van der Waals surface area contributed by atoms with Crippen molar-refractivity contribution in [2.24, 2.45) is 10.9 Å². The Kier molecular flexibility index (Phi) is 4.13. The second-order valence-electron chi connectivity index (χ2n) is 5.21. The Bertz CT molecular complexity index is 659. The van der Waals surface area contributed by atoms with Crippen molar-refractivity contribution in [3.63, 3.8) is 0 Å². The SMILES string of the molecule is O=C1CN=C(Br)C2CCN(Cc3ccc(F)c(Cl)c3)C=C12. The summed E-state index contributed by atoms with van der Waals surface area (Å²) in [6, 6.07) is 4.71. The Balaban J connectivity index is 1.80. The van der Waals surface area contributed by atoms with Gasteiger partial charge in [0.1, 0.15) is 12.4 Å². The van der Waals surface area contributed by atoms with E-state index in [0.29, 0.717) is 6.54 Å². The molecule has 0 spiro atoms. The van der Waals surface area contributed by atoms with Crippen molar-refractivity contribution in [1.82, 2.24) is 4.90 Å². The number of nitrogens with zero attached hydrogens (tertiary/aromatic N) is 2. The Morgan fingerprint density at radius 2 is 2.29 bits per heavy atom. The van der Waals surface area contributed by atoms with Gasteiger partial charge >= 0.3 is 0 Å². The molecule has 0 aliphatic carbocycles. The highest BCUT2D eigenvalue weighted by Crippen LogP contribution is 2.30. The molecule has 3 nitrogen and oxygen atoms in total.